The van der Waals surface area contributed by atoms with E-state index in [9.17, 15) is 9.59 Å². The molecule has 1 atom stereocenters. The minimum absolute atomic E-state index is 0.0221. The van der Waals surface area contributed by atoms with E-state index >= 15 is 0 Å². The standard InChI is InChI=1S/C26H21ClN4O2S2/c1-15-7-12-21-19(13-15)22-23(33)30(18-10-8-17(27)9-11-18)25-28-29-26(31(25)24(22)35-21)34-14-20(32)16-5-3-2-4-6-16/h2-6,8-11,15H,7,12-14H2,1H3. The molecule has 3 heterocycles. The largest absolute Gasteiger partial charge is 0.293 e. The van der Waals surface area contributed by atoms with Crippen molar-refractivity contribution < 1.29 is 4.79 Å². The lowest BCUT2D eigenvalue weighted by Crippen LogP contribution is -2.22. The molecule has 0 spiro atoms. The van der Waals surface area contributed by atoms with Crippen LogP contribution in [0.3, 0.4) is 0 Å². The summed E-state index contributed by atoms with van der Waals surface area (Å²) in [4.78, 5) is 28.8. The van der Waals surface area contributed by atoms with Crippen LogP contribution in [0, 0.1) is 5.92 Å². The molecule has 0 fully saturated rings. The molecule has 3 aromatic heterocycles. The van der Waals surface area contributed by atoms with Gasteiger partial charge in [0.25, 0.3) is 5.56 Å². The summed E-state index contributed by atoms with van der Waals surface area (Å²) in [5, 5.41) is 10.8. The zero-order valence-corrected chi connectivity index (χ0v) is 21.3. The summed E-state index contributed by atoms with van der Waals surface area (Å²) in [6.07, 6.45) is 2.96. The molecule has 1 aliphatic rings. The molecule has 6 nitrogen and oxygen atoms in total. The van der Waals surface area contributed by atoms with Gasteiger partial charge in [0.1, 0.15) is 4.83 Å². The van der Waals surface area contributed by atoms with Crippen molar-refractivity contribution in [1.29, 1.82) is 0 Å². The van der Waals surface area contributed by atoms with E-state index in [0.29, 0.717) is 33.1 Å². The molecule has 0 aliphatic heterocycles. The van der Waals surface area contributed by atoms with Gasteiger partial charge >= 0.3 is 0 Å². The van der Waals surface area contributed by atoms with E-state index in [2.05, 4.69) is 17.1 Å². The Morgan fingerprint density at radius 2 is 1.91 bits per heavy atom. The molecule has 1 unspecified atom stereocenters. The summed E-state index contributed by atoms with van der Waals surface area (Å²) in [6.45, 7) is 2.23. The fraction of sp³-hybridized carbons (Fsp3) is 0.231. The number of thiophene rings is 1. The summed E-state index contributed by atoms with van der Waals surface area (Å²) in [5.74, 6) is 1.21. The third kappa shape index (κ3) is 3.90. The van der Waals surface area contributed by atoms with E-state index in [1.807, 2.05) is 46.9 Å². The lowest BCUT2D eigenvalue weighted by Gasteiger charge is -2.18. The van der Waals surface area contributed by atoms with Crippen LogP contribution in [-0.4, -0.2) is 30.7 Å². The van der Waals surface area contributed by atoms with Gasteiger partial charge in [0, 0.05) is 15.5 Å². The molecule has 0 saturated heterocycles. The number of hydrogen-bond acceptors (Lipinski definition) is 6. The molecule has 2 aromatic carbocycles. The van der Waals surface area contributed by atoms with Crippen molar-refractivity contribution >= 4 is 56.5 Å². The van der Waals surface area contributed by atoms with Gasteiger partial charge in [-0.15, -0.1) is 21.5 Å². The first-order valence-electron chi connectivity index (χ1n) is 11.4. The zero-order chi connectivity index (χ0) is 24.1. The Morgan fingerprint density at radius 3 is 2.69 bits per heavy atom. The van der Waals surface area contributed by atoms with Crippen molar-refractivity contribution in [2.45, 2.75) is 31.3 Å². The minimum Gasteiger partial charge on any atom is -0.293 e. The van der Waals surface area contributed by atoms with E-state index in [-0.39, 0.29) is 17.1 Å². The molecule has 6 rings (SSSR count). The van der Waals surface area contributed by atoms with Gasteiger partial charge in [-0.3, -0.25) is 9.59 Å². The first kappa shape index (κ1) is 22.5. The SMILES string of the molecule is CC1CCc2sc3c(c2C1)c(=O)n(-c1ccc(Cl)cc1)c1nnc(SCC(=O)c2ccccc2)n31. The number of rotatable bonds is 5. The first-order valence-corrected chi connectivity index (χ1v) is 13.6. The molecular weight excluding hydrogens is 500 g/mol. The predicted molar refractivity (Wildman–Crippen MR) is 142 cm³/mol. The molecule has 0 saturated carbocycles. The summed E-state index contributed by atoms with van der Waals surface area (Å²) < 4.78 is 3.56. The second-order valence-electron chi connectivity index (χ2n) is 8.84. The predicted octanol–water partition coefficient (Wildman–Crippen LogP) is 5.85. The van der Waals surface area contributed by atoms with Gasteiger partial charge in [-0.1, -0.05) is 60.6 Å². The number of carbonyl (C=O) groups excluding carboxylic acids is 1. The number of thioether (sulfide) groups is 1. The van der Waals surface area contributed by atoms with Gasteiger partial charge < -0.3 is 0 Å². The van der Waals surface area contributed by atoms with Crippen LogP contribution in [0.25, 0.3) is 21.7 Å². The number of aromatic nitrogens is 4. The second kappa shape index (κ2) is 8.93. The van der Waals surface area contributed by atoms with Crippen LogP contribution in [0.15, 0.2) is 64.5 Å². The monoisotopic (exact) mass is 520 g/mol. The maximum atomic E-state index is 13.9. The van der Waals surface area contributed by atoms with Crippen LogP contribution in [0.1, 0.15) is 34.1 Å². The van der Waals surface area contributed by atoms with E-state index < -0.39 is 0 Å². The Hall–Kier alpha value is -2.94. The smallest absolute Gasteiger partial charge is 0.268 e. The summed E-state index contributed by atoms with van der Waals surface area (Å²) in [7, 11) is 0. The van der Waals surface area contributed by atoms with Gasteiger partial charge in [0.15, 0.2) is 10.9 Å². The van der Waals surface area contributed by atoms with Crippen molar-refractivity contribution in [3.05, 3.63) is 86.0 Å². The lowest BCUT2D eigenvalue weighted by atomic mass is 9.89. The van der Waals surface area contributed by atoms with Gasteiger partial charge in [-0.25, -0.2) is 8.97 Å². The molecule has 5 aromatic rings. The Morgan fingerprint density at radius 1 is 1.14 bits per heavy atom. The number of ketones is 1. The molecule has 0 N–H and O–H groups in total. The number of carbonyl (C=O) groups is 1. The van der Waals surface area contributed by atoms with Crippen LogP contribution in [0.4, 0.5) is 0 Å². The fourth-order valence-corrected chi connectivity index (χ4v) is 7.01. The highest BCUT2D eigenvalue weighted by Crippen LogP contribution is 2.38. The van der Waals surface area contributed by atoms with Crippen LogP contribution in [-0.2, 0) is 12.8 Å². The van der Waals surface area contributed by atoms with Crippen molar-refractivity contribution in [2.75, 3.05) is 5.75 Å². The third-order valence-corrected chi connectivity index (χ3v) is 8.90. The molecule has 9 heteroatoms. The Balaban J connectivity index is 1.55. The summed E-state index contributed by atoms with van der Waals surface area (Å²) in [6, 6.07) is 16.4. The first-order chi connectivity index (χ1) is 17.0. The highest BCUT2D eigenvalue weighted by Gasteiger charge is 2.27. The van der Waals surface area contributed by atoms with E-state index in [1.54, 1.807) is 28.0 Å². The van der Waals surface area contributed by atoms with Crippen LogP contribution in [0.5, 0.6) is 0 Å². The average Bonchev–Trinajstić information content (AvgIpc) is 3.45. The number of Topliss-reactive ketones (excluding diaryl/α,β-unsaturated/α-hetero) is 1. The molecule has 176 valence electrons. The Bertz CT molecular complexity index is 1640. The summed E-state index contributed by atoms with van der Waals surface area (Å²) >= 11 is 9.11. The number of halogens is 1. The molecule has 35 heavy (non-hydrogen) atoms. The van der Waals surface area contributed by atoms with Crippen molar-refractivity contribution in [3.63, 3.8) is 0 Å². The highest BCUT2D eigenvalue weighted by atomic mass is 35.5. The molecule has 0 radical (unpaired) electrons. The molecule has 0 bridgehead atoms. The highest BCUT2D eigenvalue weighted by molar-refractivity contribution is 7.99. The van der Waals surface area contributed by atoms with Gasteiger partial charge in [0.05, 0.1) is 16.8 Å². The van der Waals surface area contributed by atoms with Gasteiger partial charge in [-0.05, 0) is 55.0 Å². The summed E-state index contributed by atoms with van der Waals surface area (Å²) in [5.41, 5.74) is 2.39. The van der Waals surface area contributed by atoms with E-state index in [1.165, 1.54) is 16.6 Å². The number of aryl methyl sites for hydroxylation is 1. The molecular formula is C26H21ClN4O2S2. The maximum absolute atomic E-state index is 13.9. The fourth-order valence-electron chi connectivity index (χ4n) is 4.66. The van der Waals surface area contributed by atoms with Crippen molar-refractivity contribution in [1.82, 2.24) is 19.2 Å². The Kier molecular flexibility index (Phi) is 5.75. The number of benzene rings is 2. The number of fused-ring (bicyclic) bond motifs is 5. The lowest BCUT2D eigenvalue weighted by molar-refractivity contribution is 0.102. The molecule has 1 aliphatic carbocycles. The average molecular weight is 521 g/mol. The normalized spacial score (nSPS) is 15.5. The zero-order valence-electron chi connectivity index (χ0n) is 18.9. The maximum Gasteiger partial charge on any atom is 0.268 e. The van der Waals surface area contributed by atoms with Crippen LogP contribution < -0.4 is 5.56 Å². The van der Waals surface area contributed by atoms with E-state index in [0.717, 1.165) is 35.0 Å². The second-order valence-corrected chi connectivity index (χ2v) is 11.3. The topological polar surface area (TPSA) is 69.3 Å². The minimum atomic E-state index is -0.0919. The Labute approximate surface area is 214 Å². The number of nitrogens with zero attached hydrogens (tertiary/aromatic N) is 4. The van der Waals surface area contributed by atoms with Gasteiger partial charge in [0.2, 0.25) is 5.78 Å². The van der Waals surface area contributed by atoms with Crippen molar-refractivity contribution in [3.8, 4) is 5.69 Å². The van der Waals surface area contributed by atoms with Crippen molar-refractivity contribution in [2.24, 2.45) is 5.92 Å². The van der Waals surface area contributed by atoms with Crippen LogP contribution in [0.2, 0.25) is 5.02 Å². The van der Waals surface area contributed by atoms with E-state index in [4.69, 9.17) is 11.6 Å². The third-order valence-electron chi connectivity index (χ3n) is 6.44. The quantitative estimate of drug-likeness (QED) is 0.215. The van der Waals surface area contributed by atoms with Gasteiger partial charge in [-0.2, -0.15) is 0 Å². The molecule has 0 amide bonds. The van der Waals surface area contributed by atoms with Crippen LogP contribution >= 0.6 is 34.7 Å². The number of hydrogen-bond donors (Lipinski definition) is 0.